The highest BCUT2D eigenvalue weighted by Gasteiger charge is 1.92. The first-order chi connectivity index (χ1) is 14.2. The second-order valence-electron chi connectivity index (χ2n) is 8.08. The molecule has 0 atom stereocenters. The van der Waals surface area contributed by atoms with Crippen molar-refractivity contribution in [1.29, 1.82) is 0 Å². The van der Waals surface area contributed by atoms with Crippen molar-refractivity contribution in [3.8, 4) is 0 Å². The molecule has 0 saturated carbocycles. The van der Waals surface area contributed by atoms with Crippen molar-refractivity contribution in [3.05, 3.63) is 0 Å². The summed E-state index contributed by atoms with van der Waals surface area (Å²) >= 11 is 0. The van der Waals surface area contributed by atoms with Crippen molar-refractivity contribution in [2.45, 2.75) is 142 Å². The number of unbranched alkanes of at least 4 members (excludes halogenated alkanes) is 18. The molecule has 0 bridgehead atoms. The van der Waals surface area contributed by atoms with E-state index in [-0.39, 0.29) is 0 Å². The molecule has 0 heterocycles. The van der Waals surface area contributed by atoms with Gasteiger partial charge in [0, 0.05) is 0 Å². The van der Waals surface area contributed by atoms with Gasteiger partial charge in [-0.3, -0.25) is 0 Å². The Morgan fingerprint density at radius 2 is 0.586 bits per heavy atom. The molecule has 0 aliphatic carbocycles. The second-order valence-corrected chi connectivity index (χ2v) is 8.08. The van der Waals surface area contributed by atoms with Gasteiger partial charge in [0.2, 0.25) is 0 Å². The maximum absolute atomic E-state index is 7.12. The van der Waals surface area contributed by atoms with Crippen LogP contribution in [0.2, 0.25) is 0 Å². The largest absolute Gasteiger partial charge is 0.432 e. The van der Waals surface area contributed by atoms with Gasteiger partial charge in [-0.05, 0) is 25.9 Å². The molecule has 0 radical (unpaired) electrons. The Kier molecular flexibility index (Phi) is 44.5. The molecule has 0 aliphatic rings. The molecule has 29 heavy (non-hydrogen) atoms. The lowest BCUT2D eigenvalue weighted by Gasteiger charge is -2.00. The summed E-state index contributed by atoms with van der Waals surface area (Å²) in [6.45, 7) is 6.28. The summed E-state index contributed by atoms with van der Waals surface area (Å²) < 4.78 is 0. The predicted molar refractivity (Wildman–Crippen MR) is 133 cm³/mol. The SMILES string of the molecule is CCCCCCCCCCCCN.CCCCCCCCCCCCN.OBO. The van der Waals surface area contributed by atoms with E-state index in [9.17, 15) is 0 Å². The minimum absolute atomic E-state index is 0.750. The van der Waals surface area contributed by atoms with Gasteiger partial charge in [-0.1, -0.05) is 129 Å². The van der Waals surface area contributed by atoms with Crippen molar-refractivity contribution in [2.24, 2.45) is 11.5 Å². The Bertz CT molecular complexity index is 193. The summed E-state index contributed by atoms with van der Waals surface area (Å²) in [5.74, 6) is 0. The molecule has 0 fully saturated rings. The normalized spacial score (nSPS) is 10.0. The smallest absolute Gasteiger partial charge is 0.430 e. The molecule has 0 aliphatic heterocycles. The molecule has 0 aromatic rings. The van der Waals surface area contributed by atoms with E-state index in [0.717, 1.165) is 13.1 Å². The van der Waals surface area contributed by atoms with Gasteiger partial charge in [0.1, 0.15) is 0 Å². The van der Waals surface area contributed by atoms with Crippen molar-refractivity contribution in [1.82, 2.24) is 0 Å². The average molecular weight is 417 g/mol. The zero-order valence-electron chi connectivity index (χ0n) is 20.3. The minimum Gasteiger partial charge on any atom is -0.430 e. The third-order valence-electron chi connectivity index (χ3n) is 5.12. The Balaban J connectivity index is -0.000000410. The molecule has 6 N–H and O–H groups in total. The van der Waals surface area contributed by atoms with Crippen LogP contribution in [-0.4, -0.2) is 30.8 Å². The van der Waals surface area contributed by atoms with Crippen LogP contribution in [0, 0.1) is 0 Å². The van der Waals surface area contributed by atoms with Gasteiger partial charge >= 0.3 is 7.69 Å². The fourth-order valence-corrected chi connectivity index (χ4v) is 3.26. The van der Waals surface area contributed by atoms with E-state index in [1.54, 1.807) is 0 Å². The van der Waals surface area contributed by atoms with Crippen molar-refractivity contribution in [2.75, 3.05) is 13.1 Å². The molecule has 0 aromatic carbocycles. The topological polar surface area (TPSA) is 92.5 Å². The van der Waals surface area contributed by atoms with Crippen LogP contribution in [-0.2, 0) is 0 Å². The summed E-state index contributed by atoms with van der Waals surface area (Å²) in [6.07, 6.45) is 27.9. The van der Waals surface area contributed by atoms with E-state index in [2.05, 4.69) is 13.8 Å². The Morgan fingerprint density at radius 1 is 0.414 bits per heavy atom. The van der Waals surface area contributed by atoms with E-state index in [4.69, 9.17) is 21.5 Å². The van der Waals surface area contributed by atoms with Crippen molar-refractivity contribution < 1.29 is 10.0 Å². The van der Waals surface area contributed by atoms with Crippen molar-refractivity contribution in [3.63, 3.8) is 0 Å². The third-order valence-corrected chi connectivity index (χ3v) is 5.12. The molecule has 0 unspecified atom stereocenters. The summed E-state index contributed by atoms with van der Waals surface area (Å²) in [7, 11) is -0.750. The van der Waals surface area contributed by atoms with E-state index in [0.29, 0.717) is 0 Å². The van der Waals surface area contributed by atoms with Gasteiger partial charge in [-0.15, -0.1) is 0 Å². The van der Waals surface area contributed by atoms with Gasteiger partial charge < -0.3 is 21.5 Å². The van der Waals surface area contributed by atoms with Crippen LogP contribution in [0.5, 0.6) is 0 Å². The van der Waals surface area contributed by atoms with Crippen LogP contribution < -0.4 is 11.5 Å². The fraction of sp³-hybridized carbons (Fsp3) is 1.00. The first-order valence-corrected chi connectivity index (χ1v) is 12.9. The van der Waals surface area contributed by atoms with Crippen LogP contribution in [0.4, 0.5) is 0 Å². The molecule has 178 valence electrons. The van der Waals surface area contributed by atoms with Crippen LogP contribution >= 0.6 is 0 Å². The first-order valence-electron chi connectivity index (χ1n) is 12.9. The fourth-order valence-electron chi connectivity index (χ4n) is 3.26. The highest BCUT2D eigenvalue weighted by Crippen LogP contribution is 2.10. The highest BCUT2D eigenvalue weighted by atomic mass is 16.4. The van der Waals surface area contributed by atoms with Crippen LogP contribution in [0.25, 0.3) is 0 Å². The maximum Gasteiger partial charge on any atom is 0.432 e. The van der Waals surface area contributed by atoms with E-state index in [1.807, 2.05) is 0 Å². The van der Waals surface area contributed by atoms with Crippen LogP contribution in [0.3, 0.4) is 0 Å². The van der Waals surface area contributed by atoms with E-state index in [1.165, 1.54) is 128 Å². The standard InChI is InChI=1S/2C12H27N.BH3O2/c2*1-2-3-4-5-6-7-8-9-10-11-12-13;2-1-3/h2*2-13H2,1H3;1-3H. The number of nitrogens with two attached hydrogens (primary N) is 2. The summed E-state index contributed by atoms with van der Waals surface area (Å²) in [4.78, 5) is 0. The lowest BCUT2D eigenvalue weighted by Crippen LogP contribution is -1.97. The van der Waals surface area contributed by atoms with E-state index < -0.39 is 7.69 Å². The van der Waals surface area contributed by atoms with Gasteiger partial charge in [-0.2, -0.15) is 0 Å². The first kappa shape index (κ1) is 33.5. The molecule has 5 heteroatoms. The lowest BCUT2D eigenvalue weighted by molar-refractivity contribution is 0.448. The quantitative estimate of drug-likeness (QED) is 0.145. The Hall–Kier alpha value is -0.0951. The van der Waals surface area contributed by atoms with Gasteiger partial charge in [-0.25, -0.2) is 0 Å². The number of rotatable bonds is 20. The molecule has 0 aromatic heterocycles. The summed E-state index contributed by atoms with van der Waals surface area (Å²) in [5, 5.41) is 14.2. The molecular weight excluding hydrogens is 359 g/mol. The van der Waals surface area contributed by atoms with Gasteiger partial charge in [0.15, 0.2) is 0 Å². The molecule has 4 nitrogen and oxygen atoms in total. The minimum atomic E-state index is -0.750. The summed E-state index contributed by atoms with van der Waals surface area (Å²) in [5.41, 5.74) is 10.8. The van der Waals surface area contributed by atoms with Gasteiger partial charge in [0.25, 0.3) is 0 Å². The Labute approximate surface area is 184 Å². The summed E-state index contributed by atoms with van der Waals surface area (Å²) in [6, 6.07) is 0. The maximum atomic E-state index is 7.12. The monoisotopic (exact) mass is 416 g/mol. The molecule has 0 rings (SSSR count). The zero-order valence-corrected chi connectivity index (χ0v) is 20.3. The highest BCUT2D eigenvalue weighted by molar-refractivity contribution is 6.13. The lowest BCUT2D eigenvalue weighted by atomic mass is 10.1. The van der Waals surface area contributed by atoms with Crippen molar-refractivity contribution >= 4 is 7.69 Å². The number of hydrogen-bond acceptors (Lipinski definition) is 4. The molecule has 0 amide bonds. The second kappa shape index (κ2) is 38.5. The number of hydrogen-bond donors (Lipinski definition) is 4. The molecular formula is C24H57BN2O2. The van der Waals surface area contributed by atoms with E-state index >= 15 is 0 Å². The Morgan fingerprint density at radius 3 is 0.759 bits per heavy atom. The molecule has 0 saturated heterocycles. The predicted octanol–water partition coefficient (Wildman–Crippen LogP) is 5.97. The zero-order chi connectivity index (χ0) is 22.3. The van der Waals surface area contributed by atoms with Gasteiger partial charge in [0.05, 0.1) is 0 Å². The molecule has 0 spiro atoms. The van der Waals surface area contributed by atoms with Crippen LogP contribution in [0.1, 0.15) is 142 Å². The average Bonchev–Trinajstić information content (AvgIpc) is 2.72. The third kappa shape index (κ3) is 47.3. The van der Waals surface area contributed by atoms with Crippen LogP contribution in [0.15, 0.2) is 0 Å².